The van der Waals surface area contributed by atoms with Gasteiger partial charge in [0.2, 0.25) is 0 Å². The second-order valence-electron chi connectivity index (χ2n) is 4.35. The van der Waals surface area contributed by atoms with E-state index in [-0.39, 0.29) is 11.6 Å². The summed E-state index contributed by atoms with van der Waals surface area (Å²) in [5.74, 6) is -1.02. The van der Waals surface area contributed by atoms with Gasteiger partial charge in [-0.15, -0.1) is 0 Å². The molecule has 0 heterocycles. The highest BCUT2D eigenvalue weighted by atomic mass is 35.5. The predicted molar refractivity (Wildman–Crippen MR) is 78.7 cm³/mol. The van der Waals surface area contributed by atoms with Gasteiger partial charge in [0.1, 0.15) is 5.82 Å². The fourth-order valence-corrected chi connectivity index (χ4v) is 2.09. The van der Waals surface area contributed by atoms with Crippen LogP contribution in [0.25, 0.3) is 0 Å². The third kappa shape index (κ3) is 3.30. The first-order chi connectivity index (χ1) is 9.49. The second-order valence-corrected chi connectivity index (χ2v) is 5.16. The number of carbonyl (C=O) groups is 1. The quantitative estimate of drug-likeness (QED) is 0.880. The Morgan fingerprint density at radius 3 is 2.50 bits per heavy atom. The van der Waals surface area contributed by atoms with Crippen LogP contribution in [0.15, 0.2) is 42.5 Å². The number of amides is 1. The first-order valence-electron chi connectivity index (χ1n) is 5.99. The lowest BCUT2D eigenvalue weighted by Gasteiger charge is -2.15. The van der Waals surface area contributed by atoms with Crippen molar-refractivity contribution in [1.29, 1.82) is 0 Å². The molecule has 20 heavy (non-hydrogen) atoms. The first kappa shape index (κ1) is 14.8. The van der Waals surface area contributed by atoms with E-state index in [4.69, 9.17) is 23.2 Å². The minimum Gasteiger partial charge on any atom is -0.345 e. The Hall–Kier alpha value is -1.58. The van der Waals surface area contributed by atoms with Crippen molar-refractivity contribution in [3.8, 4) is 0 Å². The van der Waals surface area contributed by atoms with Crippen LogP contribution in [0.5, 0.6) is 0 Å². The Morgan fingerprint density at radius 2 is 1.85 bits per heavy atom. The molecule has 0 aromatic heterocycles. The van der Waals surface area contributed by atoms with Gasteiger partial charge in [0, 0.05) is 0 Å². The lowest BCUT2D eigenvalue weighted by atomic mass is 10.1. The number of benzene rings is 2. The molecule has 0 bridgehead atoms. The maximum atomic E-state index is 13.5. The summed E-state index contributed by atoms with van der Waals surface area (Å²) in [7, 11) is 0. The van der Waals surface area contributed by atoms with Crippen LogP contribution in [0.1, 0.15) is 28.9 Å². The van der Waals surface area contributed by atoms with Gasteiger partial charge in [-0.2, -0.15) is 0 Å². The molecule has 5 heteroatoms. The van der Waals surface area contributed by atoms with Crippen molar-refractivity contribution in [2.75, 3.05) is 0 Å². The summed E-state index contributed by atoms with van der Waals surface area (Å²) in [6.45, 7) is 1.79. The van der Waals surface area contributed by atoms with Crippen molar-refractivity contribution in [2.45, 2.75) is 13.0 Å². The Balaban J connectivity index is 2.15. The van der Waals surface area contributed by atoms with Crippen LogP contribution >= 0.6 is 23.2 Å². The standard InChI is InChI=1S/C15H12Cl2FNO/c1-9(10-6-7-12(16)13(17)8-10)19-15(20)11-4-2-3-5-14(11)18/h2-9H,1H3,(H,19,20). The molecule has 104 valence electrons. The lowest BCUT2D eigenvalue weighted by molar-refractivity contribution is 0.0936. The maximum absolute atomic E-state index is 13.5. The molecule has 2 aromatic rings. The summed E-state index contributed by atoms with van der Waals surface area (Å²) in [4.78, 5) is 12.0. The van der Waals surface area contributed by atoms with Crippen LogP contribution < -0.4 is 5.32 Å². The highest BCUT2D eigenvalue weighted by molar-refractivity contribution is 6.42. The lowest BCUT2D eigenvalue weighted by Crippen LogP contribution is -2.27. The zero-order chi connectivity index (χ0) is 14.7. The van der Waals surface area contributed by atoms with Gasteiger partial charge in [-0.1, -0.05) is 41.4 Å². The largest absolute Gasteiger partial charge is 0.345 e. The average Bonchev–Trinajstić information content (AvgIpc) is 2.42. The van der Waals surface area contributed by atoms with Crippen molar-refractivity contribution in [3.63, 3.8) is 0 Å². The van der Waals surface area contributed by atoms with Crippen molar-refractivity contribution in [1.82, 2.24) is 5.32 Å². The molecule has 0 aliphatic heterocycles. The van der Waals surface area contributed by atoms with E-state index in [1.54, 1.807) is 31.2 Å². The number of hydrogen-bond donors (Lipinski definition) is 1. The highest BCUT2D eigenvalue weighted by Crippen LogP contribution is 2.25. The normalized spacial score (nSPS) is 12.0. The Kier molecular flexibility index (Phi) is 4.63. The van der Waals surface area contributed by atoms with Crippen LogP contribution in [0, 0.1) is 5.82 Å². The smallest absolute Gasteiger partial charge is 0.254 e. The summed E-state index contributed by atoms with van der Waals surface area (Å²) in [5.41, 5.74) is 0.809. The van der Waals surface area contributed by atoms with E-state index in [9.17, 15) is 9.18 Å². The number of halogens is 3. The van der Waals surface area contributed by atoms with Gasteiger partial charge in [-0.25, -0.2) is 4.39 Å². The molecule has 0 aliphatic carbocycles. The zero-order valence-electron chi connectivity index (χ0n) is 10.7. The highest BCUT2D eigenvalue weighted by Gasteiger charge is 2.15. The molecular weight excluding hydrogens is 300 g/mol. The molecule has 0 radical (unpaired) electrons. The van der Waals surface area contributed by atoms with Crippen LogP contribution in [0.4, 0.5) is 4.39 Å². The molecule has 2 aromatic carbocycles. The zero-order valence-corrected chi connectivity index (χ0v) is 12.2. The molecular formula is C15H12Cl2FNO. The van der Waals surface area contributed by atoms with Gasteiger partial charge in [0.15, 0.2) is 0 Å². The van der Waals surface area contributed by atoms with E-state index in [1.807, 2.05) is 0 Å². The second kappa shape index (κ2) is 6.25. The van der Waals surface area contributed by atoms with Crippen LogP contribution in [-0.4, -0.2) is 5.91 Å². The van der Waals surface area contributed by atoms with Gasteiger partial charge >= 0.3 is 0 Å². The van der Waals surface area contributed by atoms with Crippen LogP contribution in [-0.2, 0) is 0 Å². The summed E-state index contributed by atoms with van der Waals surface area (Å²) in [6.07, 6.45) is 0. The molecule has 0 saturated carbocycles. The van der Waals surface area contributed by atoms with Crippen LogP contribution in [0.2, 0.25) is 10.0 Å². The molecule has 1 amide bonds. The minimum absolute atomic E-state index is 0.0133. The van der Waals surface area contributed by atoms with Gasteiger partial charge in [0.05, 0.1) is 21.7 Å². The molecule has 2 rings (SSSR count). The fraction of sp³-hybridized carbons (Fsp3) is 0.133. The number of nitrogens with one attached hydrogen (secondary N) is 1. The Labute approximate surface area is 126 Å². The van der Waals surface area contributed by atoms with Crippen molar-refractivity contribution in [3.05, 3.63) is 69.5 Å². The summed E-state index contributed by atoms with van der Waals surface area (Å²) < 4.78 is 13.5. The van der Waals surface area contributed by atoms with E-state index < -0.39 is 11.7 Å². The molecule has 1 N–H and O–H groups in total. The average molecular weight is 312 g/mol. The van der Waals surface area contributed by atoms with Gasteiger partial charge < -0.3 is 5.32 Å². The topological polar surface area (TPSA) is 29.1 Å². The van der Waals surface area contributed by atoms with Crippen LogP contribution in [0.3, 0.4) is 0 Å². The van der Waals surface area contributed by atoms with Gasteiger partial charge in [-0.05, 0) is 36.8 Å². The number of carbonyl (C=O) groups excluding carboxylic acids is 1. The molecule has 0 saturated heterocycles. The van der Waals surface area contributed by atoms with E-state index in [0.717, 1.165) is 5.56 Å². The molecule has 0 fully saturated rings. The third-order valence-corrected chi connectivity index (χ3v) is 3.65. The maximum Gasteiger partial charge on any atom is 0.254 e. The SMILES string of the molecule is CC(NC(=O)c1ccccc1F)c1ccc(Cl)c(Cl)c1. The molecule has 2 nitrogen and oxygen atoms in total. The number of rotatable bonds is 3. The van der Waals surface area contributed by atoms with Gasteiger partial charge in [0.25, 0.3) is 5.91 Å². The molecule has 0 aliphatic rings. The number of hydrogen-bond acceptors (Lipinski definition) is 1. The fourth-order valence-electron chi connectivity index (χ4n) is 1.78. The van der Waals surface area contributed by atoms with Crippen molar-refractivity contribution in [2.24, 2.45) is 0 Å². The van der Waals surface area contributed by atoms with E-state index in [1.165, 1.54) is 18.2 Å². The van der Waals surface area contributed by atoms with E-state index in [0.29, 0.717) is 10.0 Å². The van der Waals surface area contributed by atoms with E-state index in [2.05, 4.69) is 5.32 Å². The van der Waals surface area contributed by atoms with E-state index >= 15 is 0 Å². The van der Waals surface area contributed by atoms with Gasteiger partial charge in [-0.3, -0.25) is 4.79 Å². The third-order valence-electron chi connectivity index (χ3n) is 2.91. The molecule has 1 atom stereocenters. The summed E-state index contributed by atoms with van der Waals surface area (Å²) >= 11 is 11.8. The summed E-state index contributed by atoms with van der Waals surface area (Å²) in [6, 6.07) is 10.6. The summed E-state index contributed by atoms with van der Waals surface area (Å²) in [5, 5.41) is 3.58. The molecule has 1 unspecified atom stereocenters. The predicted octanol–water partition coefficient (Wildman–Crippen LogP) is 4.62. The molecule has 0 spiro atoms. The van der Waals surface area contributed by atoms with Crippen molar-refractivity contribution < 1.29 is 9.18 Å². The Bertz CT molecular complexity index is 646. The Morgan fingerprint density at radius 1 is 1.15 bits per heavy atom. The monoisotopic (exact) mass is 311 g/mol. The van der Waals surface area contributed by atoms with Crippen molar-refractivity contribution >= 4 is 29.1 Å². The first-order valence-corrected chi connectivity index (χ1v) is 6.75. The minimum atomic E-state index is -0.550.